The molecule has 0 spiro atoms. The first-order valence-corrected chi connectivity index (χ1v) is 4.61. The van der Waals surface area contributed by atoms with Crippen molar-refractivity contribution in [3.63, 3.8) is 0 Å². The average Bonchev–Trinajstić information content (AvgIpc) is 2.63. The minimum absolute atomic E-state index is 0.302. The molecule has 4 nitrogen and oxygen atoms in total. The van der Waals surface area contributed by atoms with E-state index in [1.165, 1.54) is 6.26 Å². The van der Waals surface area contributed by atoms with Crippen molar-refractivity contribution in [1.82, 2.24) is 4.98 Å². The molecule has 0 aliphatic heterocycles. The van der Waals surface area contributed by atoms with Gasteiger partial charge in [-0.3, -0.25) is 4.98 Å². The number of hydrogen-bond donors (Lipinski definition) is 1. The summed E-state index contributed by atoms with van der Waals surface area (Å²) in [4.78, 5) is 13.2. The number of oxazole rings is 1. The Labute approximate surface area is 86.5 Å². The van der Waals surface area contributed by atoms with Gasteiger partial charge in [-0.25, -0.2) is 4.79 Å². The summed E-state index contributed by atoms with van der Waals surface area (Å²) in [5.74, 6) is 0.345. The smallest absolute Gasteiger partial charge is 0.416 e. The van der Waals surface area contributed by atoms with Crippen molar-refractivity contribution in [3.05, 3.63) is 52.3 Å². The number of para-hydroxylation sites is 1. The number of nitrogens with one attached hydrogen (secondary N) is 1. The Balaban J connectivity index is 2.05. The Hall–Kier alpha value is -1.97. The fourth-order valence-corrected chi connectivity index (χ4v) is 1.26. The second-order valence-electron chi connectivity index (χ2n) is 3.23. The van der Waals surface area contributed by atoms with E-state index in [2.05, 4.69) is 9.40 Å². The van der Waals surface area contributed by atoms with Gasteiger partial charge >= 0.3 is 5.76 Å². The lowest BCUT2D eigenvalue weighted by atomic mass is 10.2. The highest BCUT2D eigenvalue weighted by molar-refractivity contribution is 5.31. The molecule has 0 radical (unpaired) electrons. The zero-order valence-corrected chi connectivity index (χ0v) is 8.32. The van der Waals surface area contributed by atoms with E-state index in [1.54, 1.807) is 0 Å². The second kappa shape index (κ2) is 4.04. The Bertz CT molecular complexity index is 498. The first-order valence-electron chi connectivity index (χ1n) is 4.61. The van der Waals surface area contributed by atoms with Crippen LogP contribution in [0.3, 0.4) is 0 Å². The molecule has 1 aromatic carbocycles. The van der Waals surface area contributed by atoms with Gasteiger partial charge in [-0.2, -0.15) is 0 Å². The first-order chi connectivity index (χ1) is 7.25. The van der Waals surface area contributed by atoms with Crippen molar-refractivity contribution >= 4 is 0 Å². The Morgan fingerprint density at radius 2 is 2.20 bits per heavy atom. The maximum absolute atomic E-state index is 10.7. The predicted molar refractivity (Wildman–Crippen MR) is 54.8 cm³/mol. The largest absolute Gasteiger partial charge is 0.487 e. The molecular formula is C11H11NO3. The Morgan fingerprint density at radius 3 is 2.87 bits per heavy atom. The topological polar surface area (TPSA) is 55.2 Å². The van der Waals surface area contributed by atoms with Gasteiger partial charge in [-0.1, -0.05) is 18.2 Å². The highest BCUT2D eigenvalue weighted by atomic mass is 16.5. The van der Waals surface area contributed by atoms with Crippen LogP contribution in [0.2, 0.25) is 0 Å². The SMILES string of the molecule is Cc1ccccc1OCc1coc(=O)[nH]1. The van der Waals surface area contributed by atoms with Crippen LogP contribution in [0.1, 0.15) is 11.3 Å². The highest BCUT2D eigenvalue weighted by Crippen LogP contribution is 2.17. The van der Waals surface area contributed by atoms with E-state index < -0.39 is 5.76 Å². The number of aromatic amines is 1. The predicted octanol–water partition coefficient (Wildman–Crippen LogP) is 1.86. The molecule has 2 aromatic rings. The average molecular weight is 205 g/mol. The van der Waals surface area contributed by atoms with Gasteiger partial charge < -0.3 is 9.15 Å². The lowest BCUT2D eigenvalue weighted by molar-refractivity contribution is 0.299. The van der Waals surface area contributed by atoms with Crippen LogP contribution >= 0.6 is 0 Å². The summed E-state index contributed by atoms with van der Waals surface area (Å²) in [5.41, 5.74) is 1.69. The van der Waals surface area contributed by atoms with Crippen molar-refractivity contribution in [3.8, 4) is 5.75 Å². The molecule has 0 bridgehead atoms. The molecular weight excluding hydrogens is 194 g/mol. The standard InChI is InChI=1S/C11H11NO3/c1-8-4-2-3-5-10(8)14-6-9-7-15-11(13)12-9/h2-5,7H,6H2,1H3,(H,12,13). The van der Waals surface area contributed by atoms with E-state index in [9.17, 15) is 4.79 Å². The molecule has 0 aliphatic carbocycles. The number of aryl methyl sites for hydroxylation is 1. The van der Waals surface area contributed by atoms with Gasteiger partial charge in [0.05, 0.1) is 5.69 Å². The molecule has 0 saturated carbocycles. The van der Waals surface area contributed by atoms with E-state index in [0.29, 0.717) is 12.3 Å². The van der Waals surface area contributed by atoms with Gasteiger partial charge in [0.2, 0.25) is 0 Å². The number of hydrogen-bond acceptors (Lipinski definition) is 3. The summed E-state index contributed by atoms with van der Waals surface area (Å²) in [7, 11) is 0. The van der Waals surface area contributed by atoms with Crippen molar-refractivity contribution in [1.29, 1.82) is 0 Å². The summed E-state index contributed by atoms with van der Waals surface area (Å²) in [6, 6.07) is 7.70. The molecule has 1 aromatic heterocycles. The lowest BCUT2D eigenvalue weighted by Gasteiger charge is -2.06. The van der Waals surface area contributed by atoms with Crippen LogP contribution < -0.4 is 10.5 Å². The van der Waals surface area contributed by atoms with E-state index >= 15 is 0 Å². The van der Waals surface area contributed by atoms with Crippen LogP contribution in [0.5, 0.6) is 5.75 Å². The Kier molecular flexibility index (Phi) is 2.58. The van der Waals surface area contributed by atoms with Crippen LogP contribution in [-0.4, -0.2) is 4.98 Å². The molecule has 78 valence electrons. The number of rotatable bonds is 3. The van der Waals surface area contributed by atoms with Gasteiger partial charge in [0, 0.05) is 0 Å². The fraction of sp³-hybridized carbons (Fsp3) is 0.182. The molecule has 0 unspecified atom stereocenters. The summed E-state index contributed by atoms with van der Waals surface area (Å²) in [6.07, 6.45) is 1.36. The van der Waals surface area contributed by atoms with Crippen molar-refractivity contribution in [2.75, 3.05) is 0 Å². The van der Waals surface area contributed by atoms with E-state index in [4.69, 9.17) is 4.74 Å². The van der Waals surface area contributed by atoms with E-state index in [-0.39, 0.29) is 0 Å². The first kappa shape index (κ1) is 9.58. The van der Waals surface area contributed by atoms with Crippen LogP contribution in [-0.2, 0) is 6.61 Å². The zero-order chi connectivity index (χ0) is 10.7. The number of aromatic nitrogens is 1. The fourth-order valence-electron chi connectivity index (χ4n) is 1.26. The van der Waals surface area contributed by atoms with Gasteiger partial charge in [0.15, 0.2) is 0 Å². The van der Waals surface area contributed by atoms with Crippen molar-refractivity contribution < 1.29 is 9.15 Å². The molecule has 15 heavy (non-hydrogen) atoms. The van der Waals surface area contributed by atoms with Gasteiger partial charge in [-0.15, -0.1) is 0 Å². The summed E-state index contributed by atoms with van der Waals surface area (Å²) in [6.45, 7) is 2.27. The summed E-state index contributed by atoms with van der Waals surface area (Å²) in [5, 5.41) is 0. The quantitative estimate of drug-likeness (QED) is 0.832. The van der Waals surface area contributed by atoms with Crippen LogP contribution in [0.25, 0.3) is 0 Å². The van der Waals surface area contributed by atoms with E-state index in [1.807, 2.05) is 31.2 Å². The van der Waals surface area contributed by atoms with Crippen LogP contribution in [0, 0.1) is 6.92 Å². The van der Waals surface area contributed by atoms with Gasteiger partial charge in [-0.05, 0) is 18.6 Å². The number of benzene rings is 1. The Morgan fingerprint density at radius 1 is 1.40 bits per heavy atom. The van der Waals surface area contributed by atoms with Gasteiger partial charge in [0.25, 0.3) is 0 Å². The second-order valence-corrected chi connectivity index (χ2v) is 3.23. The molecule has 1 heterocycles. The maximum Gasteiger partial charge on any atom is 0.416 e. The third kappa shape index (κ3) is 2.28. The molecule has 0 aliphatic rings. The van der Waals surface area contributed by atoms with Crippen LogP contribution in [0.15, 0.2) is 39.7 Å². The zero-order valence-electron chi connectivity index (χ0n) is 8.32. The molecule has 0 amide bonds. The third-order valence-corrected chi connectivity index (χ3v) is 2.05. The normalized spacial score (nSPS) is 10.2. The summed E-state index contributed by atoms with van der Waals surface area (Å²) < 4.78 is 10.1. The maximum atomic E-state index is 10.7. The molecule has 4 heteroatoms. The molecule has 2 rings (SSSR count). The molecule has 0 fully saturated rings. The van der Waals surface area contributed by atoms with Crippen molar-refractivity contribution in [2.45, 2.75) is 13.5 Å². The van der Waals surface area contributed by atoms with Crippen LogP contribution in [0.4, 0.5) is 0 Å². The molecule has 0 saturated heterocycles. The highest BCUT2D eigenvalue weighted by Gasteiger charge is 2.01. The monoisotopic (exact) mass is 205 g/mol. The van der Waals surface area contributed by atoms with Gasteiger partial charge in [0.1, 0.15) is 18.6 Å². The number of H-pyrrole nitrogens is 1. The third-order valence-electron chi connectivity index (χ3n) is 2.05. The minimum Gasteiger partial charge on any atom is -0.487 e. The molecule has 1 N–H and O–H groups in total. The molecule has 0 atom stereocenters. The summed E-state index contributed by atoms with van der Waals surface area (Å²) >= 11 is 0. The van der Waals surface area contributed by atoms with Crippen molar-refractivity contribution in [2.24, 2.45) is 0 Å². The lowest BCUT2D eigenvalue weighted by Crippen LogP contribution is -2.01. The number of ether oxygens (including phenoxy) is 1. The van der Waals surface area contributed by atoms with E-state index in [0.717, 1.165) is 11.3 Å². The minimum atomic E-state index is -0.460.